The molecule has 0 bridgehead atoms. The van der Waals surface area contributed by atoms with Crippen LogP contribution in [0.25, 0.3) is 0 Å². The molecule has 0 spiro atoms. The van der Waals surface area contributed by atoms with Gasteiger partial charge in [-0.3, -0.25) is 0 Å². The zero-order valence-corrected chi connectivity index (χ0v) is 10.1. The Labute approximate surface area is 100.0 Å². The Morgan fingerprint density at radius 3 is 2.75 bits per heavy atom. The van der Waals surface area contributed by atoms with Crippen molar-refractivity contribution in [1.29, 1.82) is 0 Å². The molecule has 2 unspecified atom stereocenters. The van der Waals surface area contributed by atoms with E-state index in [1.165, 1.54) is 0 Å². The molecule has 0 fully saturated rings. The molecule has 2 atom stereocenters. The summed E-state index contributed by atoms with van der Waals surface area (Å²) in [5, 5.41) is 9.64. The second-order valence-corrected chi connectivity index (χ2v) is 4.25. The molecule has 88 valence electrons. The average molecular weight is 243 g/mol. The maximum atomic E-state index is 11.6. The van der Waals surface area contributed by atoms with Crippen LogP contribution in [-0.2, 0) is 4.74 Å². The molecule has 0 aliphatic heterocycles. The van der Waals surface area contributed by atoms with Gasteiger partial charge in [0, 0.05) is 11.4 Å². The highest BCUT2D eigenvalue weighted by Crippen LogP contribution is 2.13. The van der Waals surface area contributed by atoms with Crippen molar-refractivity contribution in [1.82, 2.24) is 0 Å². The van der Waals surface area contributed by atoms with Gasteiger partial charge in [-0.25, -0.2) is 4.79 Å². The first-order chi connectivity index (χ1) is 7.49. The number of halogens is 1. The molecule has 0 aliphatic carbocycles. The van der Waals surface area contributed by atoms with Gasteiger partial charge in [0.2, 0.25) is 0 Å². The third-order valence-electron chi connectivity index (χ3n) is 2.04. The molecule has 0 heterocycles. The fraction of sp³-hybridized carbons (Fsp3) is 0.417. The third kappa shape index (κ3) is 4.21. The van der Waals surface area contributed by atoms with Crippen LogP contribution >= 0.6 is 11.6 Å². The number of aliphatic hydroxyl groups excluding tert-OH is 1. The minimum Gasteiger partial charge on any atom is -0.459 e. The largest absolute Gasteiger partial charge is 0.459 e. The molecule has 0 saturated carbocycles. The fourth-order valence-electron chi connectivity index (χ4n) is 1.39. The first kappa shape index (κ1) is 13.0. The molecular weight excluding hydrogens is 228 g/mol. The Morgan fingerprint density at radius 1 is 1.50 bits per heavy atom. The van der Waals surface area contributed by atoms with Crippen LogP contribution in [0.15, 0.2) is 24.3 Å². The highest BCUT2D eigenvalue weighted by atomic mass is 35.5. The number of carbonyl (C=O) groups is 1. The van der Waals surface area contributed by atoms with E-state index in [1.54, 1.807) is 38.1 Å². The van der Waals surface area contributed by atoms with Crippen molar-refractivity contribution in [3.05, 3.63) is 34.9 Å². The lowest BCUT2D eigenvalue weighted by Gasteiger charge is -2.14. The molecule has 0 saturated heterocycles. The van der Waals surface area contributed by atoms with Gasteiger partial charge in [-0.1, -0.05) is 17.7 Å². The van der Waals surface area contributed by atoms with Crippen molar-refractivity contribution in [2.45, 2.75) is 32.5 Å². The number of hydrogen-bond acceptors (Lipinski definition) is 3. The Balaban J connectivity index is 2.59. The molecule has 1 N–H and O–H groups in total. The normalized spacial score (nSPS) is 14.2. The first-order valence-electron chi connectivity index (χ1n) is 5.13. The summed E-state index contributed by atoms with van der Waals surface area (Å²) >= 11 is 5.76. The third-order valence-corrected chi connectivity index (χ3v) is 2.28. The van der Waals surface area contributed by atoms with E-state index in [0.29, 0.717) is 17.0 Å². The Kier molecular flexibility index (Phi) is 4.77. The van der Waals surface area contributed by atoms with Gasteiger partial charge < -0.3 is 9.84 Å². The molecule has 0 amide bonds. The van der Waals surface area contributed by atoms with Gasteiger partial charge in [0.1, 0.15) is 6.10 Å². The summed E-state index contributed by atoms with van der Waals surface area (Å²) in [5.41, 5.74) is 0.421. The van der Waals surface area contributed by atoms with Crippen LogP contribution < -0.4 is 0 Å². The number of hydrogen-bond donors (Lipinski definition) is 1. The van der Waals surface area contributed by atoms with Crippen LogP contribution in [0.1, 0.15) is 30.6 Å². The van der Waals surface area contributed by atoms with Crippen molar-refractivity contribution in [3.8, 4) is 0 Å². The Hall–Kier alpha value is -1.06. The van der Waals surface area contributed by atoms with Crippen molar-refractivity contribution in [2.24, 2.45) is 0 Å². The summed E-state index contributed by atoms with van der Waals surface area (Å²) < 4.78 is 5.14. The van der Waals surface area contributed by atoms with E-state index in [0.717, 1.165) is 0 Å². The summed E-state index contributed by atoms with van der Waals surface area (Å²) in [6.45, 7) is 3.40. The van der Waals surface area contributed by atoms with E-state index < -0.39 is 12.1 Å². The van der Waals surface area contributed by atoms with Gasteiger partial charge in [0.25, 0.3) is 0 Å². The molecule has 0 aliphatic rings. The lowest BCUT2D eigenvalue weighted by molar-refractivity contribution is 0.0222. The Morgan fingerprint density at radius 2 is 2.19 bits per heavy atom. The van der Waals surface area contributed by atoms with Crippen LogP contribution in [0.4, 0.5) is 0 Å². The Bertz CT molecular complexity index is 363. The van der Waals surface area contributed by atoms with E-state index >= 15 is 0 Å². The monoisotopic (exact) mass is 242 g/mol. The zero-order chi connectivity index (χ0) is 12.1. The predicted octanol–water partition coefficient (Wildman–Crippen LogP) is 2.66. The minimum absolute atomic E-state index is 0.313. The van der Waals surface area contributed by atoms with E-state index in [1.807, 2.05) is 0 Å². The van der Waals surface area contributed by atoms with Crippen LogP contribution in [0.5, 0.6) is 0 Å². The molecule has 4 heteroatoms. The zero-order valence-electron chi connectivity index (χ0n) is 9.31. The number of rotatable bonds is 4. The van der Waals surface area contributed by atoms with Crippen molar-refractivity contribution in [2.75, 3.05) is 0 Å². The summed E-state index contributed by atoms with van der Waals surface area (Å²) in [6, 6.07) is 6.58. The number of ether oxygens (including phenoxy) is 1. The molecule has 1 aromatic carbocycles. The van der Waals surface area contributed by atoms with Gasteiger partial charge in [0.05, 0.1) is 11.7 Å². The standard InChI is InChI=1S/C12H15ClO3/c1-8(14)6-9(2)16-12(15)10-4-3-5-11(13)7-10/h3-5,7-9,14H,6H2,1-2H3. The molecule has 1 aromatic rings. The molecule has 1 rings (SSSR count). The lowest BCUT2D eigenvalue weighted by atomic mass is 10.2. The van der Waals surface area contributed by atoms with Gasteiger partial charge in [-0.05, 0) is 32.0 Å². The summed E-state index contributed by atoms with van der Waals surface area (Å²) in [6.07, 6.45) is -0.375. The maximum absolute atomic E-state index is 11.6. The highest BCUT2D eigenvalue weighted by Gasteiger charge is 2.13. The maximum Gasteiger partial charge on any atom is 0.338 e. The van der Waals surface area contributed by atoms with Gasteiger partial charge >= 0.3 is 5.97 Å². The molecule has 16 heavy (non-hydrogen) atoms. The van der Waals surface area contributed by atoms with E-state index in [4.69, 9.17) is 21.4 Å². The van der Waals surface area contributed by atoms with Gasteiger partial charge in [-0.2, -0.15) is 0 Å². The van der Waals surface area contributed by atoms with E-state index in [2.05, 4.69) is 0 Å². The SMILES string of the molecule is CC(O)CC(C)OC(=O)c1cccc(Cl)c1. The van der Waals surface area contributed by atoms with Crippen molar-refractivity contribution < 1.29 is 14.6 Å². The van der Waals surface area contributed by atoms with E-state index in [-0.39, 0.29) is 6.10 Å². The summed E-state index contributed by atoms with van der Waals surface area (Å²) in [4.78, 5) is 11.6. The molecule has 0 aromatic heterocycles. The predicted molar refractivity (Wildman–Crippen MR) is 62.6 cm³/mol. The van der Waals surface area contributed by atoms with Crippen molar-refractivity contribution >= 4 is 17.6 Å². The van der Waals surface area contributed by atoms with Crippen LogP contribution in [0.2, 0.25) is 5.02 Å². The molecule has 0 radical (unpaired) electrons. The van der Waals surface area contributed by atoms with Gasteiger partial charge in [-0.15, -0.1) is 0 Å². The van der Waals surface area contributed by atoms with Crippen LogP contribution in [-0.4, -0.2) is 23.3 Å². The number of benzene rings is 1. The second kappa shape index (κ2) is 5.87. The number of carbonyl (C=O) groups excluding carboxylic acids is 1. The number of esters is 1. The average Bonchev–Trinajstić information content (AvgIpc) is 2.16. The van der Waals surface area contributed by atoms with Gasteiger partial charge in [0.15, 0.2) is 0 Å². The lowest BCUT2D eigenvalue weighted by Crippen LogP contribution is -2.19. The summed E-state index contributed by atoms with van der Waals surface area (Å²) in [5.74, 6) is -0.421. The second-order valence-electron chi connectivity index (χ2n) is 3.81. The first-order valence-corrected chi connectivity index (χ1v) is 5.51. The quantitative estimate of drug-likeness (QED) is 0.826. The molecule has 3 nitrogen and oxygen atoms in total. The minimum atomic E-state index is -0.484. The van der Waals surface area contributed by atoms with Crippen molar-refractivity contribution in [3.63, 3.8) is 0 Å². The fourth-order valence-corrected chi connectivity index (χ4v) is 1.58. The molecular formula is C12H15ClO3. The highest BCUT2D eigenvalue weighted by molar-refractivity contribution is 6.30. The smallest absolute Gasteiger partial charge is 0.338 e. The topological polar surface area (TPSA) is 46.5 Å². The van der Waals surface area contributed by atoms with E-state index in [9.17, 15) is 4.79 Å². The summed E-state index contributed by atoms with van der Waals surface area (Å²) in [7, 11) is 0. The van der Waals surface area contributed by atoms with Crippen LogP contribution in [0, 0.1) is 0 Å². The van der Waals surface area contributed by atoms with Crippen LogP contribution in [0.3, 0.4) is 0 Å². The number of aliphatic hydroxyl groups is 1.